The molecule has 0 heterocycles. The Kier molecular flexibility index (Phi) is 5.35. The van der Waals surface area contributed by atoms with Crippen molar-refractivity contribution in [3.8, 4) is 0 Å². The average molecular weight is 196 g/mol. The topological polar surface area (TPSA) is 26.3 Å². The van der Waals surface area contributed by atoms with Crippen LogP contribution in [-0.2, 0) is 9.53 Å². The van der Waals surface area contributed by atoms with Crippen molar-refractivity contribution in [1.29, 1.82) is 0 Å². The van der Waals surface area contributed by atoms with Gasteiger partial charge in [-0.2, -0.15) is 0 Å². The molecule has 2 heteroatoms. The van der Waals surface area contributed by atoms with Crippen LogP contribution in [0.5, 0.6) is 0 Å². The number of rotatable bonds is 3. The first kappa shape index (κ1) is 11.3. The monoisotopic (exact) mass is 196 g/mol. The predicted molar refractivity (Wildman–Crippen MR) is 57.0 cm³/mol. The highest BCUT2D eigenvalue weighted by Crippen LogP contribution is 2.22. The van der Waals surface area contributed by atoms with Crippen LogP contribution in [0.3, 0.4) is 0 Å². The molecule has 0 aromatic carbocycles. The van der Waals surface area contributed by atoms with Crippen LogP contribution in [0, 0.1) is 5.92 Å². The Labute approximate surface area is 86.3 Å². The van der Waals surface area contributed by atoms with E-state index in [0.717, 1.165) is 12.8 Å². The molecule has 0 saturated heterocycles. The van der Waals surface area contributed by atoms with Crippen molar-refractivity contribution in [2.24, 2.45) is 5.92 Å². The molecule has 0 bridgehead atoms. The normalized spacial score (nSPS) is 24.8. The van der Waals surface area contributed by atoms with Gasteiger partial charge < -0.3 is 4.74 Å². The molecule has 0 radical (unpaired) electrons. The van der Waals surface area contributed by atoms with E-state index < -0.39 is 0 Å². The first-order valence-corrected chi connectivity index (χ1v) is 5.63. The maximum Gasteiger partial charge on any atom is 0.306 e. The maximum absolute atomic E-state index is 11.3. The average Bonchev–Trinajstić information content (AvgIpc) is 2.10. The van der Waals surface area contributed by atoms with Crippen LogP contribution in [0.15, 0.2) is 12.2 Å². The van der Waals surface area contributed by atoms with Crippen LogP contribution >= 0.6 is 0 Å². The van der Waals surface area contributed by atoms with Gasteiger partial charge in [-0.15, -0.1) is 0 Å². The van der Waals surface area contributed by atoms with Gasteiger partial charge in [-0.25, -0.2) is 0 Å². The third-order valence-corrected chi connectivity index (χ3v) is 2.65. The van der Waals surface area contributed by atoms with Gasteiger partial charge in [0.05, 0.1) is 6.61 Å². The standard InChI is InChI=1S/C12H20O2/c1-2-14-12(13)10-11-8-6-4-3-5-7-9-11/h3-4,11H,2,5-10H2,1H3/b4-3-. The van der Waals surface area contributed by atoms with E-state index in [-0.39, 0.29) is 5.97 Å². The summed E-state index contributed by atoms with van der Waals surface area (Å²) in [6.45, 7) is 2.37. The molecule has 0 saturated carbocycles. The van der Waals surface area contributed by atoms with E-state index in [4.69, 9.17) is 4.74 Å². The van der Waals surface area contributed by atoms with E-state index in [9.17, 15) is 4.79 Å². The summed E-state index contributed by atoms with van der Waals surface area (Å²) in [5, 5.41) is 0. The fourth-order valence-electron chi connectivity index (χ4n) is 1.90. The number of allylic oxidation sites excluding steroid dienone is 2. The lowest BCUT2D eigenvalue weighted by molar-refractivity contribution is -0.144. The molecular formula is C12H20O2. The second-order valence-corrected chi connectivity index (χ2v) is 3.85. The van der Waals surface area contributed by atoms with Gasteiger partial charge in [0.25, 0.3) is 0 Å². The quantitative estimate of drug-likeness (QED) is 0.512. The second kappa shape index (κ2) is 6.63. The molecule has 80 valence electrons. The third kappa shape index (κ3) is 4.45. The summed E-state index contributed by atoms with van der Waals surface area (Å²) in [6, 6.07) is 0. The zero-order valence-electron chi connectivity index (χ0n) is 9.00. The van der Waals surface area contributed by atoms with Gasteiger partial charge in [0.1, 0.15) is 0 Å². The van der Waals surface area contributed by atoms with Crippen molar-refractivity contribution in [2.75, 3.05) is 6.61 Å². The molecule has 0 spiro atoms. The summed E-state index contributed by atoms with van der Waals surface area (Å²) in [4.78, 5) is 11.3. The first-order valence-electron chi connectivity index (χ1n) is 5.63. The minimum absolute atomic E-state index is 0.0259. The Hall–Kier alpha value is -0.790. The molecule has 0 fully saturated rings. The first-order chi connectivity index (χ1) is 6.83. The Balaban J connectivity index is 2.27. The molecule has 1 aliphatic rings. The molecule has 1 rings (SSSR count). The predicted octanol–water partition coefficient (Wildman–Crippen LogP) is 3.08. The molecular weight excluding hydrogens is 176 g/mol. The Morgan fingerprint density at radius 3 is 2.93 bits per heavy atom. The summed E-state index contributed by atoms with van der Waals surface area (Å²) in [5.74, 6) is 0.515. The molecule has 1 atom stereocenters. The van der Waals surface area contributed by atoms with Crippen LogP contribution in [-0.4, -0.2) is 12.6 Å². The van der Waals surface area contributed by atoms with Crippen molar-refractivity contribution in [2.45, 2.75) is 45.4 Å². The van der Waals surface area contributed by atoms with E-state index in [1.165, 1.54) is 19.3 Å². The van der Waals surface area contributed by atoms with Gasteiger partial charge in [-0.3, -0.25) is 4.79 Å². The summed E-state index contributed by atoms with van der Waals surface area (Å²) in [5.41, 5.74) is 0. The highest BCUT2D eigenvalue weighted by Gasteiger charge is 2.14. The zero-order valence-corrected chi connectivity index (χ0v) is 9.00. The molecule has 0 N–H and O–H groups in total. The SMILES string of the molecule is CCOC(=O)CC1CC/C=C\CCC1. The highest BCUT2D eigenvalue weighted by atomic mass is 16.5. The number of esters is 1. The molecule has 14 heavy (non-hydrogen) atoms. The number of carbonyl (C=O) groups excluding carboxylic acids is 1. The summed E-state index contributed by atoms with van der Waals surface area (Å²) in [6.07, 6.45) is 10.9. The van der Waals surface area contributed by atoms with Crippen LogP contribution < -0.4 is 0 Å². The van der Waals surface area contributed by atoms with E-state index >= 15 is 0 Å². The van der Waals surface area contributed by atoms with Crippen LogP contribution in [0.1, 0.15) is 45.4 Å². The van der Waals surface area contributed by atoms with Gasteiger partial charge in [0.15, 0.2) is 0 Å². The summed E-state index contributed by atoms with van der Waals surface area (Å²) >= 11 is 0. The largest absolute Gasteiger partial charge is 0.466 e. The smallest absolute Gasteiger partial charge is 0.306 e. The fourth-order valence-corrected chi connectivity index (χ4v) is 1.90. The molecule has 0 aromatic heterocycles. The van der Waals surface area contributed by atoms with Crippen molar-refractivity contribution in [3.05, 3.63) is 12.2 Å². The number of ether oxygens (including phenoxy) is 1. The minimum Gasteiger partial charge on any atom is -0.466 e. The van der Waals surface area contributed by atoms with E-state index in [1.807, 2.05) is 6.92 Å². The van der Waals surface area contributed by atoms with Gasteiger partial charge in [0.2, 0.25) is 0 Å². The van der Waals surface area contributed by atoms with Gasteiger partial charge in [0, 0.05) is 6.42 Å². The van der Waals surface area contributed by atoms with Gasteiger partial charge >= 0.3 is 5.97 Å². The minimum atomic E-state index is -0.0259. The Morgan fingerprint density at radius 1 is 1.36 bits per heavy atom. The molecule has 0 amide bonds. The van der Waals surface area contributed by atoms with Crippen molar-refractivity contribution in [3.63, 3.8) is 0 Å². The zero-order chi connectivity index (χ0) is 10.2. The highest BCUT2D eigenvalue weighted by molar-refractivity contribution is 5.69. The lowest BCUT2D eigenvalue weighted by Gasteiger charge is -2.16. The Bertz CT molecular complexity index is 196. The van der Waals surface area contributed by atoms with Gasteiger partial charge in [-0.1, -0.05) is 12.2 Å². The maximum atomic E-state index is 11.3. The van der Waals surface area contributed by atoms with Crippen molar-refractivity contribution in [1.82, 2.24) is 0 Å². The fraction of sp³-hybridized carbons (Fsp3) is 0.750. The second-order valence-electron chi connectivity index (χ2n) is 3.85. The lowest BCUT2D eigenvalue weighted by Crippen LogP contribution is -2.12. The van der Waals surface area contributed by atoms with Gasteiger partial charge in [-0.05, 0) is 44.9 Å². The Morgan fingerprint density at radius 2 is 2.14 bits per heavy atom. The molecule has 0 aliphatic heterocycles. The van der Waals surface area contributed by atoms with Crippen molar-refractivity contribution >= 4 is 5.97 Å². The molecule has 1 unspecified atom stereocenters. The van der Waals surface area contributed by atoms with Crippen LogP contribution in [0.2, 0.25) is 0 Å². The summed E-state index contributed by atoms with van der Waals surface area (Å²) in [7, 11) is 0. The number of hydrogen-bond donors (Lipinski definition) is 0. The number of carbonyl (C=O) groups is 1. The summed E-state index contributed by atoms with van der Waals surface area (Å²) < 4.78 is 4.96. The van der Waals surface area contributed by atoms with E-state index in [2.05, 4.69) is 12.2 Å². The molecule has 2 nitrogen and oxygen atoms in total. The molecule has 0 aromatic rings. The number of hydrogen-bond acceptors (Lipinski definition) is 2. The van der Waals surface area contributed by atoms with E-state index in [1.54, 1.807) is 0 Å². The van der Waals surface area contributed by atoms with Crippen LogP contribution in [0.25, 0.3) is 0 Å². The molecule has 1 aliphatic carbocycles. The third-order valence-electron chi connectivity index (χ3n) is 2.65. The van der Waals surface area contributed by atoms with E-state index in [0.29, 0.717) is 18.9 Å². The van der Waals surface area contributed by atoms with Crippen molar-refractivity contribution < 1.29 is 9.53 Å². The lowest BCUT2D eigenvalue weighted by atomic mass is 9.91. The van der Waals surface area contributed by atoms with Crippen LogP contribution in [0.4, 0.5) is 0 Å².